The molecule has 0 heteroatoms. The molecule has 0 fully saturated rings. The lowest BCUT2D eigenvalue weighted by Gasteiger charge is -1.75. The number of hydrogen-bond donors (Lipinski definition) is 0. The van der Waals surface area contributed by atoms with E-state index in [1.807, 2.05) is 26.0 Å². The summed E-state index contributed by atoms with van der Waals surface area (Å²) >= 11 is 0. The Balaban J connectivity index is 3.25. The average Bonchev–Trinajstić information content (AvgIpc) is 1.89. The largest absolute Gasteiger partial charge is 0.0914 e. The first kappa shape index (κ1) is 8.22. The molecule has 0 saturated heterocycles. The third-order valence-electron chi connectivity index (χ3n) is 0.948. The zero-order chi connectivity index (χ0) is 6.95. The molecule has 0 saturated carbocycles. The van der Waals surface area contributed by atoms with Gasteiger partial charge in [0.05, 0.1) is 0 Å². The zero-order valence-corrected chi connectivity index (χ0v) is 6.17. The lowest BCUT2D eigenvalue weighted by atomic mass is 10.3. The van der Waals surface area contributed by atoms with Gasteiger partial charge in [-0.2, -0.15) is 0 Å². The fraction of sp³-hybridized carbons (Fsp3) is 0.333. The van der Waals surface area contributed by atoms with Crippen LogP contribution in [0.1, 0.15) is 20.3 Å². The molecule has 0 aromatic rings. The molecule has 0 atom stereocenters. The van der Waals surface area contributed by atoms with Crippen LogP contribution in [-0.4, -0.2) is 0 Å². The first-order chi connectivity index (χ1) is 4.41. The van der Waals surface area contributed by atoms with Gasteiger partial charge in [0.2, 0.25) is 0 Å². The predicted octanol–water partition coefficient (Wildman–Crippen LogP) is 3.08. The van der Waals surface area contributed by atoms with Crippen molar-refractivity contribution in [2.45, 2.75) is 20.3 Å². The molecule has 0 aliphatic rings. The summed E-state index contributed by atoms with van der Waals surface area (Å²) in [5.74, 6) is 0. The van der Waals surface area contributed by atoms with Crippen molar-refractivity contribution in [1.82, 2.24) is 0 Å². The van der Waals surface area contributed by atoms with E-state index < -0.39 is 0 Å². The monoisotopic (exact) mass is 122 g/mol. The van der Waals surface area contributed by atoms with Crippen LogP contribution < -0.4 is 0 Å². The highest BCUT2D eigenvalue weighted by atomic mass is 13.7. The molecule has 50 valence electrons. The van der Waals surface area contributed by atoms with Gasteiger partial charge in [0, 0.05) is 0 Å². The van der Waals surface area contributed by atoms with E-state index in [9.17, 15) is 0 Å². The van der Waals surface area contributed by atoms with Crippen molar-refractivity contribution in [3.63, 3.8) is 0 Å². The van der Waals surface area contributed by atoms with E-state index in [1.54, 1.807) is 0 Å². The first-order valence-electron chi connectivity index (χ1n) is 3.30. The van der Waals surface area contributed by atoms with Gasteiger partial charge in [-0.3, -0.25) is 0 Å². The minimum absolute atomic E-state index is 1.04. The highest BCUT2D eigenvalue weighted by Gasteiger charge is 1.64. The van der Waals surface area contributed by atoms with Crippen LogP contribution in [0, 0.1) is 0 Å². The van der Waals surface area contributed by atoms with Gasteiger partial charge < -0.3 is 0 Å². The normalized spacial score (nSPS) is 12.7. The summed E-state index contributed by atoms with van der Waals surface area (Å²) in [6, 6.07) is 0. The van der Waals surface area contributed by atoms with Gasteiger partial charge >= 0.3 is 0 Å². The van der Waals surface area contributed by atoms with Crippen molar-refractivity contribution in [2.24, 2.45) is 0 Å². The van der Waals surface area contributed by atoms with Gasteiger partial charge in [0.1, 0.15) is 0 Å². The van der Waals surface area contributed by atoms with Crippen molar-refractivity contribution < 1.29 is 0 Å². The van der Waals surface area contributed by atoms with Crippen LogP contribution in [0.5, 0.6) is 0 Å². The molecular weight excluding hydrogens is 108 g/mol. The van der Waals surface area contributed by atoms with Crippen molar-refractivity contribution in [3.8, 4) is 0 Å². The van der Waals surface area contributed by atoms with E-state index in [0.29, 0.717) is 0 Å². The van der Waals surface area contributed by atoms with Crippen LogP contribution in [0.4, 0.5) is 0 Å². The summed E-state index contributed by atoms with van der Waals surface area (Å²) in [4.78, 5) is 0. The van der Waals surface area contributed by atoms with Gasteiger partial charge in [-0.1, -0.05) is 36.5 Å². The predicted molar refractivity (Wildman–Crippen MR) is 43.4 cm³/mol. The molecule has 9 heavy (non-hydrogen) atoms. The van der Waals surface area contributed by atoms with Crippen LogP contribution >= 0.6 is 0 Å². The van der Waals surface area contributed by atoms with E-state index >= 15 is 0 Å². The third kappa shape index (κ3) is 7.22. The Morgan fingerprint density at radius 1 is 0.889 bits per heavy atom. The molecule has 0 aromatic heterocycles. The van der Waals surface area contributed by atoms with Crippen LogP contribution in [0.15, 0.2) is 36.5 Å². The molecule has 0 aromatic carbocycles. The molecule has 0 N–H and O–H groups in total. The Hall–Kier alpha value is -0.780. The van der Waals surface area contributed by atoms with Crippen molar-refractivity contribution in [1.29, 1.82) is 0 Å². The van der Waals surface area contributed by atoms with Gasteiger partial charge in [0.25, 0.3) is 0 Å². The van der Waals surface area contributed by atoms with Gasteiger partial charge in [0.15, 0.2) is 0 Å². The Morgan fingerprint density at radius 2 is 1.67 bits per heavy atom. The van der Waals surface area contributed by atoms with Crippen molar-refractivity contribution in [2.75, 3.05) is 0 Å². The minimum Gasteiger partial charge on any atom is -0.0914 e. The maximum atomic E-state index is 2.12. The van der Waals surface area contributed by atoms with Crippen molar-refractivity contribution in [3.05, 3.63) is 36.5 Å². The Labute approximate surface area is 57.6 Å². The quantitative estimate of drug-likeness (QED) is 0.398. The summed E-state index contributed by atoms with van der Waals surface area (Å²) in [5.41, 5.74) is 0. The van der Waals surface area contributed by atoms with Crippen LogP contribution in [0.2, 0.25) is 0 Å². The second-order valence-electron chi connectivity index (χ2n) is 1.76. The fourth-order valence-corrected chi connectivity index (χ4v) is 0.483. The lowest BCUT2D eigenvalue weighted by Crippen LogP contribution is -1.54. The summed E-state index contributed by atoms with van der Waals surface area (Å²) in [7, 11) is 0. The Morgan fingerprint density at radius 3 is 2.22 bits per heavy atom. The average molecular weight is 122 g/mol. The van der Waals surface area contributed by atoms with Gasteiger partial charge in [-0.05, 0) is 20.3 Å². The molecule has 0 bridgehead atoms. The summed E-state index contributed by atoms with van der Waals surface area (Å²) < 4.78 is 0. The summed E-state index contributed by atoms with van der Waals surface area (Å²) in [6.45, 7) is 4.05. The molecular formula is C9H14. The highest BCUT2D eigenvalue weighted by molar-refractivity contribution is 5.03. The van der Waals surface area contributed by atoms with Crippen LogP contribution in [0.3, 0.4) is 0 Å². The molecule has 0 spiro atoms. The zero-order valence-electron chi connectivity index (χ0n) is 6.17. The molecule has 0 nitrogen and oxygen atoms in total. The van der Waals surface area contributed by atoms with E-state index in [1.165, 1.54) is 0 Å². The van der Waals surface area contributed by atoms with Crippen LogP contribution in [0.25, 0.3) is 0 Å². The smallest absolute Gasteiger partial charge is 0.0166 e. The van der Waals surface area contributed by atoms with E-state index in [-0.39, 0.29) is 0 Å². The molecule has 0 radical (unpaired) electrons. The second-order valence-corrected chi connectivity index (χ2v) is 1.76. The Bertz CT molecular complexity index is 116. The third-order valence-corrected chi connectivity index (χ3v) is 0.948. The van der Waals surface area contributed by atoms with E-state index in [2.05, 4.69) is 24.3 Å². The fourth-order valence-electron chi connectivity index (χ4n) is 0.483. The van der Waals surface area contributed by atoms with Crippen LogP contribution in [-0.2, 0) is 0 Å². The van der Waals surface area contributed by atoms with Gasteiger partial charge in [-0.25, -0.2) is 0 Å². The second kappa shape index (κ2) is 7.22. The first-order valence-corrected chi connectivity index (χ1v) is 3.30. The molecule has 0 rings (SSSR count). The number of hydrogen-bond acceptors (Lipinski definition) is 0. The van der Waals surface area contributed by atoms with E-state index in [0.717, 1.165) is 6.42 Å². The molecule has 0 amide bonds. The van der Waals surface area contributed by atoms with Crippen molar-refractivity contribution >= 4 is 0 Å². The Kier molecular flexibility index (Phi) is 6.59. The standard InChI is InChI=1S/C9H14/c1-3-5-7-9-8-6-4-2/h3-7,9H,8H2,1-2H3/b5-3-,6-4+,9-7-. The SMILES string of the molecule is C/C=C\C=C/C/C=C/C. The minimum atomic E-state index is 1.04. The summed E-state index contributed by atoms with van der Waals surface area (Å²) in [6.07, 6.45) is 13.5. The molecule has 0 aliphatic heterocycles. The number of allylic oxidation sites excluding steroid dienone is 6. The highest BCUT2D eigenvalue weighted by Crippen LogP contribution is 1.85. The van der Waals surface area contributed by atoms with Gasteiger partial charge in [-0.15, -0.1) is 0 Å². The van der Waals surface area contributed by atoms with E-state index in [4.69, 9.17) is 0 Å². The maximum Gasteiger partial charge on any atom is -0.0166 e. The molecule has 0 unspecified atom stereocenters. The molecule has 0 heterocycles. The lowest BCUT2D eigenvalue weighted by molar-refractivity contribution is 1.38. The maximum absolute atomic E-state index is 2.12. The topological polar surface area (TPSA) is 0 Å². The summed E-state index contributed by atoms with van der Waals surface area (Å²) in [5, 5.41) is 0. The number of rotatable bonds is 3. The molecule has 0 aliphatic carbocycles.